The zero-order valence-corrected chi connectivity index (χ0v) is 22.0. The molecule has 0 unspecified atom stereocenters. The quantitative estimate of drug-likeness (QED) is 0.143. The molecule has 164 valence electrons. The SMILES string of the molecule is CCCCCCCCCCCCCCCCCCCCCCCS(=O)(=O)[O-].[Na+]. The second-order valence-electron chi connectivity index (χ2n) is 8.33. The Labute approximate surface area is 199 Å². The van der Waals surface area contributed by atoms with Gasteiger partial charge in [-0.3, -0.25) is 0 Å². The second-order valence-corrected chi connectivity index (χ2v) is 9.86. The largest absolute Gasteiger partial charge is 1.00 e. The molecule has 0 heterocycles. The van der Waals surface area contributed by atoms with Gasteiger partial charge in [-0.05, 0) is 6.42 Å². The molecule has 0 saturated heterocycles. The topological polar surface area (TPSA) is 57.2 Å². The van der Waals surface area contributed by atoms with Crippen LogP contribution in [-0.2, 0) is 10.1 Å². The van der Waals surface area contributed by atoms with Crippen LogP contribution in [0, 0.1) is 0 Å². The summed E-state index contributed by atoms with van der Waals surface area (Å²) in [5.74, 6) is -0.188. The molecular formula is C23H47NaO3S. The molecule has 0 bridgehead atoms. The normalized spacial score (nSPS) is 11.5. The van der Waals surface area contributed by atoms with Crippen LogP contribution in [0.4, 0.5) is 0 Å². The van der Waals surface area contributed by atoms with Crippen molar-refractivity contribution in [3.05, 3.63) is 0 Å². The van der Waals surface area contributed by atoms with Gasteiger partial charge in [0.05, 0.1) is 10.1 Å². The fraction of sp³-hybridized carbons (Fsp3) is 1.00. The van der Waals surface area contributed by atoms with Gasteiger partial charge < -0.3 is 4.55 Å². The van der Waals surface area contributed by atoms with E-state index in [-0.39, 0.29) is 35.3 Å². The molecule has 0 aromatic rings. The summed E-state index contributed by atoms with van der Waals surface area (Å²) in [6.45, 7) is 2.28. The minimum absolute atomic E-state index is 0. The van der Waals surface area contributed by atoms with Gasteiger partial charge in [0, 0.05) is 5.75 Å². The Morgan fingerprint density at radius 2 is 0.679 bits per heavy atom. The first kappa shape index (κ1) is 31.1. The summed E-state index contributed by atoms with van der Waals surface area (Å²) in [4.78, 5) is 0. The molecule has 0 aromatic carbocycles. The Morgan fingerprint density at radius 1 is 0.464 bits per heavy atom. The van der Waals surface area contributed by atoms with Gasteiger partial charge in [-0.25, -0.2) is 8.42 Å². The average molecular weight is 427 g/mol. The molecule has 0 aromatic heterocycles. The Hall–Kier alpha value is 0.910. The third-order valence-corrected chi connectivity index (χ3v) is 6.29. The molecular weight excluding hydrogens is 379 g/mol. The van der Waals surface area contributed by atoms with Gasteiger partial charge in [-0.2, -0.15) is 0 Å². The Bertz CT molecular complexity index is 385. The van der Waals surface area contributed by atoms with Crippen molar-refractivity contribution in [2.24, 2.45) is 0 Å². The predicted octanol–water partition coefficient (Wildman–Crippen LogP) is 4.75. The van der Waals surface area contributed by atoms with Gasteiger partial charge in [-0.1, -0.05) is 135 Å². The molecule has 0 aliphatic rings. The molecule has 0 atom stereocenters. The molecule has 0 radical (unpaired) electrons. The second kappa shape index (κ2) is 24.2. The van der Waals surface area contributed by atoms with Gasteiger partial charge in [0.25, 0.3) is 0 Å². The van der Waals surface area contributed by atoms with Crippen LogP contribution in [0.5, 0.6) is 0 Å². The Balaban J connectivity index is 0. The van der Waals surface area contributed by atoms with E-state index in [2.05, 4.69) is 6.92 Å². The van der Waals surface area contributed by atoms with Crippen molar-refractivity contribution >= 4 is 10.1 Å². The van der Waals surface area contributed by atoms with Gasteiger partial charge in [-0.15, -0.1) is 0 Å². The maximum absolute atomic E-state index is 10.5. The van der Waals surface area contributed by atoms with Crippen molar-refractivity contribution < 1.29 is 42.5 Å². The first-order valence-electron chi connectivity index (χ1n) is 12.0. The van der Waals surface area contributed by atoms with E-state index in [1.54, 1.807) is 0 Å². The van der Waals surface area contributed by atoms with Crippen molar-refractivity contribution in [1.29, 1.82) is 0 Å². The first-order valence-corrected chi connectivity index (χ1v) is 13.6. The number of unbranched alkanes of at least 4 members (excludes halogenated alkanes) is 20. The van der Waals surface area contributed by atoms with E-state index in [4.69, 9.17) is 0 Å². The van der Waals surface area contributed by atoms with E-state index < -0.39 is 10.1 Å². The number of hydrogen-bond acceptors (Lipinski definition) is 3. The summed E-state index contributed by atoms with van der Waals surface area (Å²) in [5, 5.41) is 0. The molecule has 0 amide bonds. The maximum Gasteiger partial charge on any atom is 1.00 e. The molecule has 0 aliphatic heterocycles. The molecule has 0 N–H and O–H groups in total. The van der Waals surface area contributed by atoms with E-state index >= 15 is 0 Å². The monoisotopic (exact) mass is 426 g/mol. The van der Waals surface area contributed by atoms with E-state index in [1.165, 1.54) is 116 Å². The third-order valence-electron chi connectivity index (χ3n) is 5.50. The molecule has 0 spiro atoms. The average Bonchev–Trinajstić information content (AvgIpc) is 2.62. The summed E-state index contributed by atoms with van der Waals surface area (Å²) in [6, 6.07) is 0. The predicted molar refractivity (Wildman–Crippen MR) is 117 cm³/mol. The van der Waals surface area contributed by atoms with E-state index in [0.29, 0.717) is 6.42 Å². The minimum Gasteiger partial charge on any atom is -0.748 e. The van der Waals surface area contributed by atoms with Crippen LogP contribution in [0.15, 0.2) is 0 Å². The molecule has 3 nitrogen and oxygen atoms in total. The minimum atomic E-state index is -4.00. The summed E-state index contributed by atoms with van der Waals surface area (Å²) in [5.41, 5.74) is 0. The van der Waals surface area contributed by atoms with Crippen LogP contribution < -0.4 is 29.6 Å². The van der Waals surface area contributed by atoms with E-state index in [1.807, 2.05) is 0 Å². The van der Waals surface area contributed by atoms with Crippen LogP contribution in [0.2, 0.25) is 0 Å². The summed E-state index contributed by atoms with van der Waals surface area (Å²) < 4.78 is 31.4. The summed E-state index contributed by atoms with van der Waals surface area (Å²) in [7, 11) is -4.00. The van der Waals surface area contributed by atoms with Crippen LogP contribution >= 0.6 is 0 Å². The van der Waals surface area contributed by atoms with Crippen LogP contribution in [0.3, 0.4) is 0 Å². The van der Waals surface area contributed by atoms with Crippen molar-refractivity contribution in [2.45, 2.75) is 142 Å². The zero-order chi connectivity index (χ0) is 20.1. The Kier molecular flexibility index (Phi) is 26.9. The zero-order valence-electron chi connectivity index (χ0n) is 19.2. The summed E-state index contributed by atoms with van der Waals surface area (Å²) >= 11 is 0. The molecule has 0 aliphatic carbocycles. The van der Waals surface area contributed by atoms with Gasteiger partial charge in [0.15, 0.2) is 0 Å². The molecule has 0 fully saturated rings. The maximum atomic E-state index is 10.5. The molecule has 5 heteroatoms. The fourth-order valence-corrected chi connectivity index (χ4v) is 4.27. The fourth-order valence-electron chi connectivity index (χ4n) is 3.71. The van der Waals surface area contributed by atoms with Crippen LogP contribution in [-0.4, -0.2) is 18.7 Å². The van der Waals surface area contributed by atoms with Crippen LogP contribution in [0.1, 0.15) is 142 Å². The van der Waals surface area contributed by atoms with Crippen molar-refractivity contribution in [3.8, 4) is 0 Å². The van der Waals surface area contributed by atoms with Gasteiger partial charge >= 0.3 is 29.6 Å². The van der Waals surface area contributed by atoms with E-state index in [0.717, 1.165) is 12.8 Å². The standard InChI is InChI=1S/C23H48O3S.Na/c1-2-3-4-5-6-7-8-9-10-11-12-13-14-15-16-17-18-19-20-21-22-23-27(24,25)26;/h2-23H2,1H3,(H,24,25,26);/q;+1/p-1. The van der Waals surface area contributed by atoms with Crippen molar-refractivity contribution in [2.75, 3.05) is 5.75 Å². The molecule has 0 saturated carbocycles. The smallest absolute Gasteiger partial charge is 0.748 e. The van der Waals surface area contributed by atoms with Crippen molar-refractivity contribution in [3.63, 3.8) is 0 Å². The summed E-state index contributed by atoms with van der Waals surface area (Å²) in [6.07, 6.45) is 27.4. The van der Waals surface area contributed by atoms with Crippen LogP contribution in [0.25, 0.3) is 0 Å². The number of hydrogen-bond donors (Lipinski definition) is 0. The first-order chi connectivity index (χ1) is 13.1. The van der Waals surface area contributed by atoms with Crippen molar-refractivity contribution in [1.82, 2.24) is 0 Å². The number of rotatable bonds is 22. The van der Waals surface area contributed by atoms with E-state index in [9.17, 15) is 13.0 Å². The molecule has 28 heavy (non-hydrogen) atoms. The van der Waals surface area contributed by atoms with Gasteiger partial charge in [0.1, 0.15) is 0 Å². The van der Waals surface area contributed by atoms with Gasteiger partial charge in [0.2, 0.25) is 0 Å². The third kappa shape index (κ3) is 29.1. The Morgan fingerprint density at radius 3 is 0.893 bits per heavy atom. The molecule has 0 rings (SSSR count).